The lowest BCUT2D eigenvalue weighted by molar-refractivity contribution is -0.121. The van der Waals surface area contributed by atoms with E-state index in [0.717, 1.165) is 5.56 Å². The summed E-state index contributed by atoms with van der Waals surface area (Å²) < 4.78 is 10.8. The number of anilines is 1. The molecular weight excluding hydrogens is 449 g/mol. The van der Waals surface area contributed by atoms with Gasteiger partial charge in [0, 0.05) is 58.3 Å². The number of benzene rings is 2. The van der Waals surface area contributed by atoms with Gasteiger partial charge in [-0.05, 0) is 29.5 Å². The first-order valence-corrected chi connectivity index (χ1v) is 11.2. The molecule has 0 aromatic heterocycles. The van der Waals surface area contributed by atoms with Gasteiger partial charge in [0.25, 0.3) is 0 Å². The van der Waals surface area contributed by atoms with Crippen molar-refractivity contribution in [3.05, 3.63) is 63.3 Å². The van der Waals surface area contributed by atoms with Gasteiger partial charge in [-0.2, -0.15) is 0 Å². The highest BCUT2D eigenvalue weighted by Crippen LogP contribution is 2.49. The molecule has 4 rings (SSSR count). The summed E-state index contributed by atoms with van der Waals surface area (Å²) >= 11 is 12.6. The molecule has 1 atom stereocenters. The number of hydrogen-bond acceptors (Lipinski definition) is 4. The smallest absolute Gasteiger partial charge is 0.232 e. The first kappa shape index (κ1) is 22.7. The second-order valence-electron chi connectivity index (χ2n) is 9.02. The van der Waals surface area contributed by atoms with Crippen molar-refractivity contribution in [3.63, 3.8) is 0 Å². The number of ether oxygens (including phenoxy) is 2. The molecule has 0 spiro atoms. The van der Waals surface area contributed by atoms with Crippen LogP contribution in [-0.2, 0) is 9.59 Å². The first-order chi connectivity index (χ1) is 15.1. The Morgan fingerprint density at radius 1 is 0.969 bits per heavy atom. The number of carbonyl (C=O) groups excluding carboxylic acids is 2. The van der Waals surface area contributed by atoms with E-state index in [9.17, 15) is 9.59 Å². The second-order valence-corrected chi connectivity index (χ2v) is 9.87. The van der Waals surface area contributed by atoms with Crippen molar-refractivity contribution in [2.24, 2.45) is 5.41 Å². The molecule has 0 saturated heterocycles. The van der Waals surface area contributed by atoms with E-state index in [1.54, 1.807) is 49.5 Å². The highest BCUT2D eigenvalue weighted by atomic mass is 35.5. The zero-order valence-corrected chi connectivity index (χ0v) is 20.0. The summed E-state index contributed by atoms with van der Waals surface area (Å²) in [5.74, 6) is 0.659. The predicted octanol–water partition coefficient (Wildman–Crippen LogP) is 6.17. The molecule has 1 aliphatic heterocycles. The largest absolute Gasteiger partial charge is 0.497 e. The summed E-state index contributed by atoms with van der Waals surface area (Å²) in [6, 6.07) is 10.5. The summed E-state index contributed by atoms with van der Waals surface area (Å²) in [5, 5.41) is 0.965. The van der Waals surface area contributed by atoms with E-state index in [4.69, 9.17) is 32.7 Å². The lowest BCUT2D eigenvalue weighted by atomic mass is 9.69. The van der Waals surface area contributed by atoms with Gasteiger partial charge in [0.05, 0.1) is 19.9 Å². The number of rotatable bonds is 4. The van der Waals surface area contributed by atoms with Crippen LogP contribution < -0.4 is 14.4 Å². The van der Waals surface area contributed by atoms with Crippen LogP contribution in [0.3, 0.4) is 0 Å². The number of Topliss-reactive ketones (excluding diaryl/α,β-unsaturated/α-hetero) is 1. The normalized spacial score (nSPS) is 20.3. The van der Waals surface area contributed by atoms with Gasteiger partial charge in [0.2, 0.25) is 5.91 Å². The number of amides is 1. The van der Waals surface area contributed by atoms with E-state index in [-0.39, 0.29) is 23.5 Å². The van der Waals surface area contributed by atoms with Gasteiger partial charge in [-0.15, -0.1) is 0 Å². The fourth-order valence-electron chi connectivity index (χ4n) is 4.69. The van der Waals surface area contributed by atoms with E-state index in [1.807, 2.05) is 19.9 Å². The molecule has 1 unspecified atom stereocenters. The fourth-order valence-corrected chi connectivity index (χ4v) is 5.23. The van der Waals surface area contributed by atoms with Gasteiger partial charge >= 0.3 is 0 Å². The Morgan fingerprint density at radius 3 is 2.22 bits per heavy atom. The number of hydrogen-bond donors (Lipinski definition) is 0. The highest BCUT2D eigenvalue weighted by molar-refractivity contribution is 6.35. The number of ketones is 1. The fraction of sp³-hybridized carbons (Fsp3) is 0.360. The van der Waals surface area contributed by atoms with Gasteiger partial charge in [0.1, 0.15) is 11.5 Å². The highest BCUT2D eigenvalue weighted by Gasteiger charge is 2.45. The van der Waals surface area contributed by atoms with Crippen LogP contribution in [-0.4, -0.2) is 25.9 Å². The molecule has 2 aliphatic rings. The maximum absolute atomic E-state index is 13.6. The molecular formula is C25H25Cl2NO4. The quantitative estimate of drug-likeness (QED) is 0.532. The van der Waals surface area contributed by atoms with Gasteiger partial charge in [-0.25, -0.2) is 0 Å². The molecule has 168 valence electrons. The molecule has 5 nitrogen and oxygen atoms in total. The molecule has 1 aliphatic carbocycles. The third-order valence-electron chi connectivity index (χ3n) is 6.08. The topological polar surface area (TPSA) is 55.8 Å². The monoisotopic (exact) mass is 473 g/mol. The summed E-state index contributed by atoms with van der Waals surface area (Å²) in [5.41, 5.74) is 2.45. The van der Waals surface area contributed by atoms with Crippen LogP contribution >= 0.6 is 23.2 Å². The van der Waals surface area contributed by atoms with E-state index in [2.05, 4.69) is 0 Å². The zero-order valence-electron chi connectivity index (χ0n) is 18.5. The third kappa shape index (κ3) is 4.12. The van der Waals surface area contributed by atoms with E-state index in [0.29, 0.717) is 51.3 Å². The SMILES string of the molecule is COc1cc(OC)cc(N2C(=O)CC(c3ccc(Cl)cc3Cl)C3=C2CC(C)(C)CC3=O)c1. The number of allylic oxidation sites excluding steroid dienone is 2. The molecule has 0 bridgehead atoms. The summed E-state index contributed by atoms with van der Waals surface area (Å²) in [6.45, 7) is 4.09. The average Bonchev–Trinajstić information content (AvgIpc) is 2.71. The van der Waals surface area contributed by atoms with Gasteiger partial charge in [-0.1, -0.05) is 43.1 Å². The van der Waals surface area contributed by atoms with Crippen molar-refractivity contribution >= 4 is 40.6 Å². The first-order valence-electron chi connectivity index (χ1n) is 10.4. The van der Waals surface area contributed by atoms with Crippen molar-refractivity contribution < 1.29 is 19.1 Å². The molecule has 1 amide bonds. The van der Waals surface area contributed by atoms with Gasteiger partial charge < -0.3 is 9.47 Å². The molecule has 2 aromatic carbocycles. The van der Waals surface area contributed by atoms with Crippen molar-refractivity contribution in [1.29, 1.82) is 0 Å². The summed E-state index contributed by atoms with van der Waals surface area (Å²) in [4.78, 5) is 28.6. The second kappa shape index (κ2) is 8.45. The molecule has 7 heteroatoms. The summed E-state index contributed by atoms with van der Waals surface area (Å²) in [7, 11) is 3.13. The van der Waals surface area contributed by atoms with Crippen LogP contribution in [0.15, 0.2) is 47.7 Å². The van der Waals surface area contributed by atoms with Crippen molar-refractivity contribution in [3.8, 4) is 11.5 Å². The maximum atomic E-state index is 13.6. The average molecular weight is 474 g/mol. The Labute approximate surface area is 197 Å². The predicted molar refractivity (Wildman–Crippen MR) is 126 cm³/mol. The molecule has 0 fully saturated rings. The van der Waals surface area contributed by atoms with Crippen LogP contribution in [0.2, 0.25) is 10.0 Å². The number of halogens is 2. The van der Waals surface area contributed by atoms with Crippen molar-refractivity contribution in [2.75, 3.05) is 19.1 Å². The Hall–Kier alpha value is -2.50. The van der Waals surface area contributed by atoms with Gasteiger partial charge in [-0.3, -0.25) is 14.5 Å². The third-order valence-corrected chi connectivity index (χ3v) is 6.64. The van der Waals surface area contributed by atoms with Crippen molar-refractivity contribution in [2.45, 2.75) is 39.0 Å². The Bertz CT molecular complexity index is 1120. The van der Waals surface area contributed by atoms with Crippen LogP contribution in [0.1, 0.15) is 44.6 Å². The molecule has 32 heavy (non-hydrogen) atoms. The maximum Gasteiger partial charge on any atom is 0.232 e. The lowest BCUT2D eigenvalue weighted by Crippen LogP contribution is -2.43. The minimum Gasteiger partial charge on any atom is -0.497 e. The lowest BCUT2D eigenvalue weighted by Gasteiger charge is -2.43. The Kier molecular flexibility index (Phi) is 5.99. The molecule has 0 saturated carbocycles. The van der Waals surface area contributed by atoms with Crippen LogP contribution in [0.5, 0.6) is 11.5 Å². The Balaban J connectivity index is 1.93. The summed E-state index contributed by atoms with van der Waals surface area (Å²) in [6.07, 6.45) is 1.13. The van der Waals surface area contributed by atoms with Crippen LogP contribution in [0.4, 0.5) is 5.69 Å². The zero-order chi connectivity index (χ0) is 23.2. The molecule has 0 N–H and O–H groups in total. The number of carbonyl (C=O) groups is 2. The van der Waals surface area contributed by atoms with Crippen LogP contribution in [0, 0.1) is 5.41 Å². The standard InChI is InChI=1S/C25H25Cl2NO4/c1-25(2)12-21-24(22(29)13-25)19(18-6-5-14(26)7-20(18)27)11-23(30)28(21)15-8-16(31-3)10-17(9-15)32-4/h5-10,19H,11-13H2,1-4H3. The Morgan fingerprint density at radius 2 is 1.62 bits per heavy atom. The number of methoxy groups -OCH3 is 2. The van der Waals surface area contributed by atoms with E-state index < -0.39 is 5.92 Å². The van der Waals surface area contributed by atoms with E-state index in [1.165, 1.54) is 0 Å². The minimum atomic E-state index is -0.408. The van der Waals surface area contributed by atoms with Crippen LogP contribution in [0.25, 0.3) is 0 Å². The van der Waals surface area contributed by atoms with Gasteiger partial charge in [0.15, 0.2) is 5.78 Å². The number of nitrogens with zero attached hydrogens (tertiary/aromatic N) is 1. The molecule has 2 aromatic rings. The minimum absolute atomic E-state index is 0.0413. The molecule has 1 heterocycles. The molecule has 0 radical (unpaired) electrons. The van der Waals surface area contributed by atoms with Crippen molar-refractivity contribution in [1.82, 2.24) is 0 Å². The van der Waals surface area contributed by atoms with E-state index >= 15 is 0 Å².